The summed E-state index contributed by atoms with van der Waals surface area (Å²) in [7, 11) is 1.33. The first-order chi connectivity index (χ1) is 7.52. The SMILES string of the molecule is CCOC(=O)C1C(=O)CC(C)N(OC)C1=O. The summed E-state index contributed by atoms with van der Waals surface area (Å²) in [5.41, 5.74) is 0. The van der Waals surface area contributed by atoms with Crippen molar-refractivity contribution in [1.82, 2.24) is 5.06 Å². The largest absolute Gasteiger partial charge is 0.465 e. The minimum atomic E-state index is -1.36. The summed E-state index contributed by atoms with van der Waals surface area (Å²) in [6.45, 7) is 3.44. The Balaban J connectivity index is 2.87. The maximum absolute atomic E-state index is 11.8. The van der Waals surface area contributed by atoms with E-state index < -0.39 is 23.6 Å². The van der Waals surface area contributed by atoms with E-state index in [1.165, 1.54) is 7.11 Å². The Morgan fingerprint density at radius 1 is 1.50 bits per heavy atom. The van der Waals surface area contributed by atoms with Crippen molar-refractivity contribution in [3.05, 3.63) is 0 Å². The molecule has 1 saturated heterocycles. The molecule has 0 radical (unpaired) electrons. The number of piperidine rings is 1. The lowest BCUT2D eigenvalue weighted by Gasteiger charge is -2.33. The smallest absolute Gasteiger partial charge is 0.326 e. The van der Waals surface area contributed by atoms with E-state index in [-0.39, 0.29) is 19.1 Å². The van der Waals surface area contributed by atoms with Gasteiger partial charge in [0.2, 0.25) is 0 Å². The number of rotatable bonds is 3. The molecule has 1 heterocycles. The van der Waals surface area contributed by atoms with E-state index in [0.29, 0.717) is 0 Å². The fourth-order valence-electron chi connectivity index (χ4n) is 1.70. The Kier molecular flexibility index (Phi) is 4.00. The van der Waals surface area contributed by atoms with Gasteiger partial charge in [-0.1, -0.05) is 0 Å². The van der Waals surface area contributed by atoms with E-state index in [0.717, 1.165) is 5.06 Å². The van der Waals surface area contributed by atoms with Gasteiger partial charge in [0.05, 0.1) is 19.8 Å². The molecule has 0 bridgehead atoms. The van der Waals surface area contributed by atoms with Crippen LogP contribution in [0.5, 0.6) is 0 Å². The van der Waals surface area contributed by atoms with Gasteiger partial charge in [-0.15, -0.1) is 0 Å². The molecule has 0 spiro atoms. The number of hydroxylamine groups is 2. The van der Waals surface area contributed by atoms with E-state index in [4.69, 9.17) is 4.84 Å². The monoisotopic (exact) mass is 229 g/mol. The van der Waals surface area contributed by atoms with Gasteiger partial charge < -0.3 is 4.74 Å². The first kappa shape index (κ1) is 12.6. The van der Waals surface area contributed by atoms with Crippen molar-refractivity contribution in [2.45, 2.75) is 26.3 Å². The van der Waals surface area contributed by atoms with Crippen LogP contribution in [0.3, 0.4) is 0 Å². The summed E-state index contributed by atoms with van der Waals surface area (Å²) in [5.74, 6) is -3.23. The zero-order valence-electron chi connectivity index (χ0n) is 9.56. The van der Waals surface area contributed by atoms with Crippen LogP contribution in [0.25, 0.3) is 0 Å². The lowest BCUT2D eigenvalue weighted by atomic mass is 9.93. The van der Waals surface area contributed by atoms with Crippen LogP contribution in [0.4, 0.5) is 0 Å². The van der Waals surface area contributed by atoms with Gasteiger partial charge in [-0.3, -0.25) is 19.2 Å². The van der Waals surface area contributed by atoms with Crippen LogP contribution in [0.2, 0.25) is 0 Å². The fraction of sp³-hybridized carbons (Fsp3) is 0.700. The van der Waals surface area contributed by atoms with Crippen LogP contribution in [0.1, 0.15) is 20.3 Å². The molecule has 0 aliphatic carbocycles. The lowest BCUT2D eigenvalue weighted by molar-refractivity contribution is -0.201. The molecule has 0 saturated carbocycles. The molecule has 16 heavy (non-hydrogen) atoms. The van der Waals surface area contributed by atoms with Crippen molar-refractivity contribution in [3.63, 3.8) is 0 Å². The van der Waals surface area contributed by atoms with Crippen LogP contribution in [-0.2, 0) is 24.0 Å². The summed E-state index contributed by atoms with van der Waals surface area (Å²) < 4.78 is 4.69. The van der Waals surface area contributed by atoms with Gasteiger partial charge in [0.15, 0.2) is 11.7 Å². The second-order valence-corrected chi connectivity index (χ2v) is 3.55. The van der Waals surface area contributed by atoms with Crippen molar-refractivity contribution in [2.24, 2.45) is 5.92 Å². The molecule has 1 amide bonds. The number of hydrogen-bond donors (Lipinski definition) is 0. The third kappa shape index (κ3) is 2.21. The predicted molar refractivity (Wildman–Crippen MR) is 53.1 cm³/mol. The van der Waals surface area contributed by atoms with Crippen LogP contribution >= 0.6 is 0 Å². The molecule has 1 fully saturated rings. The molecular weight excluding hydrogens is 214 g/mol. The highest BCUT2D eigenvalue weighted by Gasteiger charge is 2.45. The van der Waals surface area contributed by atoms with E-state index in [1.807, 2.05) is 0 Å². The Hall–Kier alpha value is -1.43. The molecule has 0 aromatic rings. The quantitative estimate of drug-likeness (QED) is 0.500. The highest BCUT2D eigenvalue weighted by Crippen LogP contribution is 2.21. The van der Waals surface area contributed by atoms with Crippen LogP contribution in [0, 0.1) is 5.92 Å². The van der Waals surface area contributed by atoms with Gasteiger partial charge in [0, 0.05) is 6.42 Å². The summed E-state index contributed by atoms with van der Waals surface area (Å²) in [5, 5.41) is 1.04. The number of nitrogens with zero attached hydrogens (tertiary/aromatic N) is 1. The Morgan fingerprint density at radius 2 is 2.12 bits per heavy atom. The number of esters is 1. The maximum Gasteiger partial charge on any atom is 0.326 e. The molecule has 0 aromatic carbocycles. The Morgan fingerprint density at radius 3 is 2.62 bits per heavy atom. The van der Waals surface area contributed by atoms with Crippen LogP contribution in [0.15, 0.2) is 0 Å². The minimum absolute atomic E-state index is 0.100. The van der Waals surface area contributed by atoms with Gasteiger partial charge in [0.25, 0.3) is 5.91 Å². The third-order valence-corrected chi connectivity index (χ3v) is 2.40. The standard InChI is InChI=1S/C10H15NO5/c1-4-16-10(14)8-7(12)5-6(2)11(15-3)9(8)13/h6,8H,4-5H2,1-3H3. The molecule has 0 N–H and O–H groups in total. The molecule has 6 nitrogen and oxygen atoms in total. The van der Waals surface area contributed by atoms with Crippen molar-refractivity contribution in [1.29, 1.82) is 0 Å². The summed E-state index contributed by atoms with van der Waals surface area (Å²) in [6, 6.07) is -0.351. The molecular formula is C10H15NO5. The summed E-state index contributed by atoms with van der Waals surface area (Å²) >= 11 is 0. The highest BCUT2D eigenvalue weighted by molar-refractivity contribution is 6.17. The first-order valence-electron chi connectivity index (χ1n) is 5.09. The second kappa shape index (κ2) is 5.07. The average molecular weight is 229 g/mol. The Bertz CT molecular complexity index is 306. The molecule has 0 aromatic heterocycles. The number of carbonyl (C=O) groups is 3. The lowest BCUT2D eigenvalue weighted by Crippen LogP contribution is -2.53. The molecule has 1 aliphatic heterocycles. The van der Waals surface area contributed by atoms with E-state index in [2.05, 4.69) is 4.74 Å². The number of ketones is 1. The zero-order valence-corrected chi connectivity index (χ0v) is 9.56. The molecule has 90 valence electrons. The molecule has 1 rings (SSSR count). The minimum Gasteiger partial charge on any atom is -0.465 e. The van der Waals surface area contributed by atoms with E-state index in [9.17, 15) is 14.4 Å². The number of carbonyl (C=O) groups excluding carboxylic acids is 3. The van der Waals surface area contributed by atoms with Crippen LogP contribution < -0.4 is 0 Å². The first-order valence-corrected chi connectivity index (χ1v) is 5.09. The van der Waals surface area contributed by atoms with Gasteiger partial charge in [-0.05, 0) is 13.8 Å². The van der Waals surface area contributed by atoms with Gasteiger partial charge in [-0.2, -0.15) is 0 Å². The summed E-state index contributed by atoms with van der Waals surface area (Å²) in [6.07, 6.45) is 0.100. The van der Waals surface area contributed by atoms with Crippen LogP contribution in [-0.4, -0.2) is 42.5 Å². The van der Waals surface area contributed by atoms with Gasteiger partial charge >= 0.3 is 5.97 Å². The van der Waals surface area contributed by atoms with Crippen molar-refractivity contribution in [2.75, 3.05) is 13.7 Å². The van der Waals surface area contributed by atoms with E-state index >= 15 is 0 Å². The summed E-state index contributed by atoms with van der Waals surface area (Å²) in [4.78, 5) is 39.6. The van der Waals surface area contributed by atoms with E-state index in [1.54, 1.807) is 13.8 Å². The molecule has 6 heteroatoms. The second-order valence-electron chi connectivity index (χ2n) is 3.55. The molecule has 2 atom stereocenters. The molecule has 2 unspecified atom stereocenters. The number of hydrogen-bond acceptors (Lipinski definition) is 5. The number of ether oxygens (including phenoxy) is 1. The van der Waals surface area contributed by atoms with Crippen molar-refractivity contribution >= 4 is 17.7 Å². The average Bonchev–Trinajstić information content (AvgIpc) is 2.17. The molecule has 1 aliphatic rings. The third-order valence-electron chi connectivity index (χ3n) is 2.40. The predicted octanol–water partition coefficient (Wildman–Crippen LogP) is -0.0830. The highest BCUT2D eigenvalue weighted by atomic mass is 16.7. The van der Waals surface area contributed by atoms with Gasteiger partial charge in [0.1, 0.15) is 0 Å². The Labute approximate surface area is 93.4 Å². The fourth-order valence-corrected chi connectivity index (χ4v) is 1.70. The number of Topliss-reactive ketones (excluding diaryl/α,β-unsaturated/α-hetero) is 1. The number of amides is 1. The van der Waals surface area contributed by atoms with Crippen molar-refractivity contribution < 1.29 is 24.0 Å². The van der Waals surface area contributed by atoms with Crippen molar-refractivity contribution in [3.8, 4) is 0 Å². The maximum atomic E-state index is 11.8. The zero-order chi connectivity index (χ0) is 12.3. The van der Waals surface area contributed by atoms with Gasteiger partial charge in [-0.25, -0.2) is 5.06 Å². The normalized spacial score (nSPS) is 25.8. The topological polar surface area (TPSA) is 72.9 Å².